The summed E-state index contributed by atoms with van der Waals surface area (Å²) >= 11 is 0. The summed E-state index contributed by atoms with van der Waals surface area (Å²) in [6.45, 7) is 1.94. The van der Waals surface area contributed by atoms with Crippen LogP contribution in [0.25, 0.3) is 22.2 Å². The molecule has 0 saturated carbocycles. The van der Waals surface area contributed by atoms with E-state index in [4.69, 9.17) is 9.40 Å². The Bertz CT molecular complexity index is 1180. The summed E-state index contributed by atoms with van der Waals surface area (Å²) in [6.07, 6.45) is 2.25. The second-order valence-electron chi connectivity index (χ2n) is 6.92. The SMILES string of the molecule is CC(=O)Nc1ccc(-c2cc(C(=O)NCCc3ccco3)c3ccccc3n2)cc1. The number of rotatable bonds is 6. The molecule has 0 spiro atoms. The Labute approximate surface area is 173 Å². The smallest absolute Gasteiger partial charge is 0.252 e. The van der Waals surface area contributed by atoms with Gasteiger partial charge in [-0.1, -0.05) is 30.3 Å². The van der Waals surface area contributed by atoms with E-state index in [-0.39, 0.29) is 11.8 Å². The summed E-state index contributed by atoms with van der Waals surface area (Å²) in [5.74, 6) is 0.547. The highest BCUT2D eigenvalue weighted by Gasteiger charge is 2.14. The van der Waals surface area contributed by atoms with Crippen LogP contribution in [0.15, 0.2) is 77.4 Å². The first kappa shape index (κ1) is 19.4. The van der Waals surface area contributed by atoms with Gasteiger partial charge in [0.2, 0.25) is 5.91 Å². The number of benzene rings is 2. The van der Waals surface area contributed by atoms with Crippen LogP contribution in [0.4, 0.5) is 5.69 Å². The molecule has 0 fully saturated rings. The molecule has 4 rings (SSSR count). The zero-order valence-electron chi connectivity index (χ0n) is 16.5. The molecular weight excluding hydrogens is 378 g/mol. The minimum absolute atomic E-state index is 0.125. The van der Waals surface area contributed by atoms with E-state index in [9.17, 15) is 9.59 Å². The number of nitrogens with zero attached hydrogens (tertiary/aromatic N) is 1. The number of hydrogen-bond acceptors (Lipinski definition) is 4. The molecule has 0 bridgehead atoms. The number of pyridine rings is 1. The molecule has 2 heterocycles. The lowest BCUT2D eigenvalue weighted by Crippen LogP contribution is -2.26. The molecule has 0 atom stereocenters. The molecular formula is C24H21N3O3. The Morgan fingerprint density at radius 1 is 1.00 bits per heavy atom. The topological polar surface area (TPSA) is 84.2 Å². The van der Waals surface area contributed by atoms with Crippen LogP contribution in [0.2, 0.25) is 0 Å². The Hall–Kier alpha value is -3.93. The van der Waals surface area contributed by atoms with E-state index in [0.717, 1.165) is 22.2 Å². The van der Waals surface area contributed by atoms with Crippen LogP contribution in [0.1, 0.15) is 23.0 Å². The lowest BCUT2D eigenvalue weighted by atomic mass is 10.0. The summed E-state index contributed by atoms with van der Waals surface area (Å²) < 4.78 is 5.31. The second-order valence-corrected chi connectivity index (χ2v) is 6.92. The summed E-state index contributed by atoms with van der Waals surface area (Å²) in [5, 5.41) is 6.51. The average Bonchev–Trinajstić information content (AvgIpc) is 3.26. The van der Waals surface area contributed by atoms with Gasteiger partial charge in [-0.2, -0.15) is 0 Å². The number of carbonyl (C=O) groups excluding carboxylic acids is 2. The van der Waals surface area contributed by atoms with Gasteiger partial charge in [-0.15, -0.1) is 0 Å². The van der Waals surface area contributed by atoms with Gasteiger partial charge < -0.3 is 15.1 Å². The lowest BCUT2D eigenvalue weighted by molar-refractivity contribution is -0.114. The van der Waals surface area contributed by atoms with Gasteiger partial charge in [-0.05, 0) is 36.4 Å². The summed E-state index contributed by atoms with van der Waals surface area (Å²) in [4.78, 5) is 28.9. The number of aromatic nitrogens is 1. The van der Waals surface area contributed by atoms with E-state index in [1.807, 2.05) is 60.7 Å². The first-order chi connectivity index (χ1) is 14.6. The lowest BCUT2D eigenvalue weighted by Gasteiger charge is -2.11. The minimum atomic E-state index is -0.156. The number of hydrogen-bond donors (Lipinski definition) is 2. The standard InChI is InChI=1S/C24H21N3O3/c1-16(28)26-18-10-8-17(9-11-18)23-15-21(20-6-2-3-7-22(20)27-23)24(29)25-13-12-19-5-4-14-30-19/h2-11,14-15H,12-13H2,1H3,(H,25,29)(H,26,28). The van der Waals surface area contributed by atoms with Crippen LogP contribution in [0, 0.1) is 0 Å². The van der Waals surface area contributed by atoms with Gasteiger partial charge in [0.05, 0.1) is 23.0 Å². The van der Waals surface area contributed by atoms with Crippen LogP contribution in [-0.2, 0) is 11.2 Å². The molecule has 0 aliphatic carbocycles. The molecule has 30 heavy (non-hydrogen) atoms. The van der Waals surface area contributed by atoms with E-state index in [2.05, 4.69) is 10.6 Å². The second kappa shape index (κ2) is 8.61. The fourth-order valence-corrected chi connectivity index (χ4v) is 3.29. The Kier molecular flexibility index (Phi) is 5.57. The van der Waals surface area contributed by atoms with Crippen molar-refractivity contribution in [1.29, 1.82) is 0 Å². The quantitative estimate of drug-likeness (QED) is 0.502. The van der Waals surface area contributed by atoms with Crippen LogP contribution in [-0.4, -0.2) is 23.3 Å². The Morgan fingerprint density at radius 2 is 1.80 bits per heavy atom. The van der Waals surface area contributed by atoms with E-state index >= 15 is 0 Å². The number of para-hydroxylation sites is 1. The van der Waals surface area contributed by atoms with Crippen LogP contribution in [0.3, 0.4) is 0 Å². The van der Waals surface area contributed by atoms with Crippen molar-refractivity contribution in [2.45, 2.75) is 13.3 Å². The van der Waals surface area contributed by atoms with Crippen molar-refractivity contribution in [3.8, 4) is 11.3 Å². The fourth-order valence-electron chi connectivity index (χ4n) is 3.29. The molecule has 0 saturated heterocycles. The molecule has 6 nitrogen and oxygen atoms in total. The van der Waals surface area contributed by atoms with Gasteiger partial charge in [0.25, 0.3) is 5.91 Å². The summed E-state index contributed by atoms with van der Waals surface area (Å²) in [6, 6.07) is 20.5. The molecule has 2 aromatic heterocycles. The first-order valence-corrected chi connectivity index (χ1v) is 9.68. The van der Waals surface area contributed by atoms with Gasteiger partial charge in [-0.25, -0.2) is 4.98 Å². The first-order valence-electron chi connectivity index (χ1n) is 9.68. The predicted molar refractivity (Wildman–Crippen MR) is 116 cm³/mol. The third-order valence-corrected chi connectivity index (χ3v) is 4.70. The third kappa shape index (κ3) is 4.38. The van der Waals surface area contributed by atoms with Gasteiger partial charge in [0.1, 0.15) is 5.76 Å². The maximum absolute atomic E-state index is 12.9. The molecule has 150 valence electrons. The highest BCUT2D eigenvalue weighted by molar-refractivity contribution is 6.07. The van der Waals surface area contributed by atoms with Gasteiger partial charge >= 0.3 is 0 Å². The fraction of sp³-hybridized carbons (Fsp3) is 0.125. The van der Waals surface area contributed by atoms with Crippen molar-refractivity contribution in [1.82, 2.24) is 10.3 Å². The van der Waals surface area contributed by atoms with Crippen molar-refractivity contribution < 1.29 is 14.0 Å². The molecule has 0 aliphatic rings. The zero-order chi connectivity index (χ0) is 20.9. The van der Waals surface area contributed by atoms with Gasteiger partial charge in [0.15, 0.2) is 0 Å². The Balaban J connectivity index is 1.62. The molecule has 2 N–H and O–H groups in total. The third-order valence-electron chi connectivity index (χ3n) is 4.70. The van der Waals surface area contributed by atoms with Crippen molar-refractivity contribution in [2.24, 2.45) is 0 Å². The molecule has 2 aromatic carbocycles. The van der Waals surface area contributed by atoms with Crippen molar-refractivity contribution >= 4 is 28.4 Å². The zero-order valence-corrected chi connectivity index (χ0v) is 16.5. The number of carbonyl (C=O) groups is 2. The molecule has 0 unspecified atom stereocenters. The van der Waals surface area contributed by atoms with Crippen molar-refractivity contribution in [3.05, 3.63) is 84.3 Å². The predicted octanol–water partition coefficient (Wildman–Crippen LogP) is 4.43. The van der Waals surface area contributed by atoms with Gasteiger partial charge in [0, 0.05) is 36.5 Å². The molecule has 0 radical (unpaired) electrons. The highest BCUT2D eigenvalue weighted by Crippen LogP contribution is 2.26. The molecule has 6 heteroatoms. The largest absolute Gasteiger partial charge is 0.469 e. The van der Waals surface area contributed by atoms with Crippen molar-refractivity contribution in [2.75, 3.05) is 11.9 Å². The highest BCUT2D eigenvalue weighted by atomic mass is 16.3. The summed E-state index contributed by atoms with van der Waals surface area (Å²) in [5.41, 5.74) is 3.58. The average molecular weight is 399 g/mol. The Morgan fingerprint density at radius 3 is 2.53 bits per heavy atom. The van der Waals surface area contributed by atoms with Crippen LogP contribution in [0.5, 0.6) is 0 Å². The minimum Gasteiger partial charge on any atom is -0.469 e. The molecule has 0 aliphatic heterocycles. The van der Waals surface area contributed by atoms with E-state index < -0.39 is 0 Å². The number of anilines is 1. The van der Waals surface area contributed by atoms with E-state index in [1.165, 1.54) is 6.92 Å². The monoisotopic (exact) mass is 399 g/mol. The van der Waals surface area contributed by atoms with Crippen molar-refractivity contribution in [3.63, 3.8) is 0 Å². The number of nitrogens with one attached hydrogen (secondary N) is 2. The number of fused-ring (bicyclic) bond motifs is 1. The number of amides is 2. The van der Waals surface area contributed by atoms with E-state index in [0.29, 0.717) is 29.9 Å². The molecule has 4 aromatic rings. The van der Waals surface area contributed by atoms with Gasteiger partial charge in [-0.3, -0.25) is 9.59 Å². The maximum Gasteiger partial charge on any atom is 0.252 e. The van der Waals surface area contributed by atoms with E-state index in [1.54, 1.807) is 12.3 Å². The van der Waals surface area contributed by atoms with Crippen LogP contribution >= 0.6 is 0 Å². The maximum atomic E-state index is 12.9. The summed E-state index contributed by atoms with van der Waals surface area (Å²) in [7, 11) is 0. The normalized spacial score (nSPS) is 10.7. The van der Waals surface area contributed by atoms with Crippen LogP contribution < -0.4 is 10.6 Å². The number of furan rings is 1. The molecule has 2 amide bonds.